The number of hydrogen-bond acceptors (Lipinski definition) is 5. The second-order valence-corrected chi connectivity index (χ2v) is 8.00. The van der Waals surface area contributed by atoms with Crippen molar-refractivity contribution in [1.29, 1.82) is 5.26 Å². The Morgan fingerprint density at radius 2 is 1.84 bits per heavy atom. The summed E-state index contributed by atoms with van der Waals surface area (Å²) in [5.41, 5.74) is 2.45. The van der Waals surface area contributed by atoms with Gasteiger partial charge in [-0.15, -0.1) is 0 Å². The van der Waals surface area contributed by atoms with E-state index in [0.29, 0.717) is 42.9 Å². The third kappa shape index (κ3) is 3.29. The van der Waals surface area contributed by atoms with Crippen LogP contribution in [-0.4, -0.2) is 46.8 Å². The highest BCUT2D eigenvalue weighted by molar-refractivity contribution is 5.94. The number of nitrogens with zero attached hydrogens (tertiary/aromatic N) is 3. The van der Waals surface area contributed by atoms with E-state index in [1.807, 2.05) is 45.9 Å². The van der Waals surface area contributed by atoms with Crippen LogP contribution in [-0.2, 0) is 5.60 Å². The van der Waals surface area contributed by atoms with E-state index < -0.39 is 5.60 Å². The molecule has 3 aromatic rings. The fourth-order valence-corrected chi connectivity index (χ4v) is 4.60. The molecule has 0 bridgehead atoms. The molecule has 162 valence electrons. The number of para-hydroxylation sites is 2. The quantitative estimate of drug-likeness (QED) is 0.688. The third-order valence-corrected chi connectivity index (χ3v) is 6.19. The molecule has 7 heteroatoms. The maximum absolute atomic E-state index is 13.0. The van der Waals surface area contributed by atoms with E-state index in [2.05, 4.69) is 6.07 Å². The van der Waals surface area contributed by atoms with Gasteiger partial charge in [0.15, 0.2) is 5.60 Å². The number of piperidine rings is 1. The van der Waals surface area contributed by atoms with E-state index in [-0.39, 0.29) is 19.1 Å². The summed E-state index contributed by atoms with van der Waals surface area (Å²) in [5.74, 6) is 1.35. The fraction of sp³-hybridized carbons (Fsp3) is 0.280. The lowest BCUT2D eigenvalue weighted by atomic mass is 9.86. The van der Waals surface area contributed by atoms with Crippen molar-refractivity contribution in [3.05, 3.63) is 77.6 Å². The van der Waals surface area contributed by atoms with Gasteiger partial charge in [-0.2, -0.15) is 5.26 Å². The minimum Gasteiger partial charge on any atom is -0.491 e. The number of aliphatic hydroxyl groups is 1. The summed E-state index contributed by atoms with van der Waals surface area (Å²) in [4.78, 5) is 14.9. The van der Waals surface area contributed by atoms with Crippen LogP contribution < -0.4 is 9.47 Å². The van der Waals surface area contributed by atoms with Crippen LogP contribution in [0.5, 0.6) is 11.5 Å². The number of likely N-dealkylation sites (tertiary alicyclic amines) is 1. The van der Waals surface area contributed by atoms with Crippen LogP contribution in [0.4, 0.5) is 0 Å². The second-order valence-electron chi connectivity index (χ2n) is 8.00. The smallest absolute Gasteiger partial charge is 0.253 e. The standard InChI is InChI=1S/C25H23N3O4/c26-17-19-7-10-23-25(32-22-4-2-1-3-21(22)28(19)23)11-13-27(14-12-25)24(30)18-5-8-20(9-6-18)31-16-15-29/h1-10,29H,11-16H2. The Kier molecular flexibility index (Phi) is 5.08. The number of rotatable bonds is 4. The van der Waals surface area contributed by atoms with Crippen molar-refractivity contribution in [3.8, 4) is 23.3 Å². The SMILES string of the molecule is N#Cc1ccc2n1-c1ccccc1OC21CCN(C(=O)c2ccc(OCCO)cc2)CC1. The molecule has 1 aromatic heterocycles. The molecular weight excluding hydrogens is 406 g/mol. The number of nitriles is 1. The van der Waals surface area contributed by atoms with Crippen LogP contribution in [0.3, 0.4) is 0 Å². The van der Waals surface area contributed by atoms with Crippen LogP contribution in [0.25, 0.3) is 5.69 Å². The largest absolute Gasteiger partial charge is 0.491 e. The zero-order valence-electron chi connectivity index (χ0n) is 17.5. The number of aliphatic hydroxyl groups excluding tert-OH is 1. The molecule has 0 aliphatic carbocycles. The van der Waals surface area contributed by atoms with Gasteiger partial charge in [-0.25, -0.2) is 0 Å². The Morgan fingerprint density at radius 1 is 1.09 bits per heavy atom. The Hall–Kier alpha value is -3.76. The minimum absolute atomic E-state index is 0.0298. The zero-order chi connectivity index (χ0) is 22.1. The number of amides is 1. The maximum atomic E-state index is 13.0. The summed E-state index contributed by atoms with van der Waals surface area (Å²) in [7, 11) is 0. The number of carbonyl (C=O) groups excluding carboxylic acids is 1. The van der Waals surface area contributed by atoms with Crippen molar-refractivity contribution in [2.24, 2.45) is 0 Å². The summed E-state index contributed by atoms with van der Waals surface area (Å²) in [6, 6.07) is 20.8. The lowest BCUT2D eigenvalue weighted by molar-refractivity contribution is -0.00937. The Balaban J connectivity index is 1.36. The molecule has 0 atom stereocenters. The van der Waals surface area contributed by atoms with E-state index in [1.54, 1.807) is 24.3 Å². The Bertz CT molecular complexity index is 1180. The minimum atomic E-state index is -0.567. The fourth-order valence-electron chi connectivity index (χ4n) is 4.60. The van der Waals surface area contributed by atoms with Crippen molar-refractivity contribution < 1.29 is 19.4 Å². The molecule has 0 saturated carbocycles. The Labute approximate surface area is 186 Å². The van der Waals surface area contributed by atoms with Crippen LogP contribution in [0.1, 0.15) is 34.6 Å². The monoisotopic (exact) mass is 429 g/mol. The van der Waals surface area contributed by atoms with Crippen LogP contribution in [0.2, 0.25) is 0 Å². The van der Waals surface area contributed by atoms with Gasteiger partial charge in [0.1, 0.15) is 29.9 Å². The van der Waals surface area contributed by atoms with Crippen molar-refractivity contribution in [2.45, 2.75) is 18.4 Å². The van der Waals surface area contributed by atoms with Gasteiger partial charge in [-0.05, 0) is 48.5 Å². The first-order chi connectivity index (χ1) is 15.6. The van der Waals surface area contributed by atoms with Crippen LogP contribution in [0, 0.1) is 11.3 Å². The Morgan fingerprint density at radius 3 is 2.56 bits per heavy atom. The summed E-state index contributed by atoms with van der Waals surface area (Å²) in [5, 5.41) is 18.5. The predicted molar refractivity (Wildman–Crippen MR) is 117 cm³/mol. The predicted octanol–water partition coefficient (Wildman–Crippen LogP) is 3.24. The molecule has 2 aromatic carbocycles. The maximum Gasteiger partial charge on any atom is 0.253 e. The molecule has 0 unspecified atom stereocenters. The van der Waals surface area contributed by atoms with Crippen molar-refractivity contribution in [1.82, 2.24) is 9.47 Å². The highest BCUT2D eigenvalue weighted by atomic mass is 16.5. The second kappa shape index (κ2) is 8.06. The highest BCUT2D eigenvalue weighted by Crippen LogP contribution is 2.45. The topological polar surface area (TPSA) is 87.7 Å². The van der Waals surface area contributed by atoms with E-state index in [1.165, 1.54) is 0 Å². The summed E-state index contributed by atoms with van der Waals surface area (Å²) in [6.07, 6.45) is 1.28. The van der Waals surface area contributed by atoms with E-state index in [4.69, 9.17) is 14.6 Å². The molecule has 1 spiro atoms. The lowest BCUT2D eigenvalue weighted by Gasteiger charge is -2.45. The van der Waals surface area contributed by atoms with Gasteiger partial charge in [0.2, 0.25) is 0 Å². The molecule has 32 heavy (non-hydrogen) atoms. The molecule has 3 heterocycles. The molecule has 1 amide bonds. The first-order valence-corrected chi connectivity index (χ1v) is 10.7. The molecular formula is C25H23N3O4. The van der Waals surface area contributed by atoms with Crippen molar-refractivity contribution in [2.75, 3.05) is 26.3 Å². The average molecular weight is 429 g/mol. The molecule has 2 aliphatic heterocycles. The number of fused-ring (bicyclic) bond motifs is 4. The molecule has 7 nitrogen and oxygen atoms in total. The first kappa shape index (κ1) is 20.2. The van der Waals surface area contributed by atoms with Crippen molar-refractivity contribution in [3.63, 3.8) is 0 Å². The molecule has 0 radical (unpaired) electrons. The first-order valence-electron chi connectivity index (χ1n) is 10.7. The molecule has 1 saturated heterocycles. The average Bonchev–Trinajstić information content (AvgIpc) is 3.29. The summed E-state index contributed by atoms with van der Waals surface area (Å²) >= 11 is 0. The van der Waals surface area contributed by atoms with Gasteiger partial charge in [0.25, 0.3) is 5.91 Å². The van der Waals surface area contributed by atoms with E-state index in [0.717, 1.165) is 17.1 Å². The third-order valence-electron chi connectivity index (χ3n) is 6.19. The number of ether oxygens (including phenoxy) is 2. The van der Waals surface area contributed by atoms with Crippen LogP contribution >= 0.6 is 0 Å². The number of benzene rings is 2. The highest BCUT2D eigenvalue weighted by Gasteiger charge is 2.45. The molecule has 2 aliphatic rings. The molecule has 1 N–H and O–H groups in total. The summed E-state index contributed by atoms with van der Waals surface area (Å²) < 4.78 is 13.9. The van der Waals surface area contributed by atoms with Gasteiger partial charge in [-0.1, -0.05) is 12.1 Å². The van der Waals surface area contributed by atoms with Crippen LogP contribution in [0.15, 0.2) is 60.7 Å². The van der Waals surface area contributed by atoms with Gasteiger partial charge in [-0.3, -0.25) is 9.36 Å². The number of aromatic nitrogens is 1. The van der Waals surface area contributed by atoms with Gasteiger partial charge in [0, 0.05) is 31.5 Å². The van der Waals surface area contributed by atoms with Gasteiger partial charge in [0.05, 0.1) is 18.0 Å². The number of hydrogen-bond donors (Lipinski definition) is 1. The lowest BCUT2D eigenvalue weighted by Crippen LogP contribution is -2.50. The normalized spacial score (nSPS) is 15.9. The summed E-state index contributed by atoms with van der Waals surface area (Å²) in [6.45, 7) is 1.27. The molecule has 5 rings (SSSR count). The van der Waals surface area contributed by atoms with Crippen molar-refractivity contribution >= 4 is 5.91 Å². The van der Waals surface area contributed by atoms with E-state index >= 15 is 0 Å². The van der Waals surface area contributed by atoms with E-state index in [9.17, 15) is 10.1 Å². The van der Waals surface area contributed by atoms with Gasteiger partial charge < -0.3 is 19.5 Å². The zero-order valence-corrected chi connectivity index (χ0v) is 17.5. The van der Waals surface area contributed by atoms with Gasteiger partial charge >= 0.3 is 0 Å². The molecule has 1 fully saturated rings. The number of carbonyl (C=O) groups is 1.